The Morgan fingerprint density at radius 1 is 1.40 bits per heavy atom. The SMILES string of the molecule is CC1Cc2ccccc2N1C(=O)NCc1ccc(Br)s1. The lowest BCUT2D eigenvalue weighted by Crippen LogP contribution is -2.42. The lowest BCUT2D eigenvalue weighted by molar-refractivity contribution is 0.245. The Morgan fingerprint density at radius 2 is 2.20 bits per heavy atom. The van der Waals surface area contributed by atoms with Crippen LogP contribution in [-0.2, 0) is 13.0 Å². The highest BCUT2D eigenvalue weighted by Crippen LogP contribution is 2.31. The zero-order valence-electron chi connectivity index (χ0n) is 11.1. The molecule has 1 atom stereocenters. The number of urea groups is 1. The lowest BCUT2D eigenvalue weighted by atomic mass is 10.1. The molecule has 0 spiro atoms. The van der Waals surface area contributed by atoms with Gasteiger partial charge in [0.25, 0.3) is 0 Å². The first-order chi connectivity index (χ1) is 9.65. The number of fused-ring (bicyclic) bond motifs is 1. The van der Waals surface area contributed by atoms with E-state index in [9.17, 15) is 4.79 Å². The number of para-hydroxylation sites is 1. The number of halogens is 1. The minimum absolute atomic E-state index is 0.0213. The number of rotatable bonds is 2. The van der Waals surface area contributed by atoms with Crippen molar-refractivity contribution in [3.05, 3.63) is 50.6 Å². The topological polar surface area (TPSA) is 32.3 Å². The van der Waals surface area contributed by atoms with Gasteiger partial charge in [-0.25, -0.2) is 4.79 Å². The summed E-state index contributed by atoms with van der Waals surface area (Å²) in [6.07, 6.45) is 0.925. The van der Waals surface area contributed by atoms with Crippen LogP contribution in [0.25, 0.3) is 0 Å². The molecule has 5 heteroatoms. The smallest absolute Gasteiger partial charge is 0.322 e. The molecule has 3 rings (SSSR count). The zero-order valence-corrected chi connectivity index (χ0v) is 13.5. The van der Waals surface area contributed by atoms with Crippen molar-refractivity contribution in [1.29, 1.82) is 0 Å². The summed E-state index contributed by atoms with van der Waals surface area (Å²) in [7, 11) is 0. The molecule has 2 amide bonds. The molecule has 0 saturated carbocycles. The second kappa shape index (κ2) is 5.58. The van der Waals surface area contributed by atoms with Crippen LogP contribution in [0.15, 0.2) is 40.2 Å². The van der Waals surface area contributed by atoms with Gasteiger partial charge in [0.2, 0.25) is 0 Å². The van der Waals surface area contributed by atoms with Gasteiger partial charge < -0.3 is 5.32 Å². The highest BCUT2D eigenvalue weighted by atomic mass is 79.9. The van der Waals surface area contributed by atoms with Gasteiger partial charge in [0.1, 0.15) is 0 Å². The Labute approximate surface area is 130 Å². The van der Waals surface area contributed by atoms with Crippen LogP contribution in [0, 0.1) is 0 Å². The predicted octanol–water partition coefficient (Wildman–Crippen LogP) is 4.17. The number of nitrogens with one attached hydrogen (secondary N) is 1. The molecule has 0 bridgehead atoms. The first-order valence-electron chi connectivity index (χ1n) is 6.54. The maximum absolute atomic E-state index is 12.4. The maximum atomic E-state index is 12.4. The summed E-state index contributed by atoms with van der Waals surface area (Å²) in [4.78, 5) is 15.4. The molecule has 1 aromatic heterocycles. The molecule has 0 aliphatic carbocycles. The van der Waals surface area contributed by atoms with Gasteiger partial charge in [0.15, 0.2) is 0 Å². The highest BCUT2D eigenvalue weighted by Gasteiger charge is 2.30. The van der Waals surface area contributed by atoms with E-state index in [1.165, 1.54) is 5.56 Å². The summed E-state index contributed by atoms with van der Waals surface area (Å²) >= 11 is 5.07. The molecule has 104 valence electrons. The van der Waals surface area contributed by atoms with Crippen LogP contribution in [0.3, 0.4) is 0 Å². The Hall–Kier alpha value is -1.33. The summed E-state index contributed by atoms with van der Waals surface area (Å²) in [6, 6.07) is 12.3. The third-order valence-corrected chi connectivity index (χ3v) is 5.09. The Bertz CT molecular complexity index is 640. The molecule has 20 heavy (non-hydrogen) atoms. The normalized spacial score (nSPS) is 17.1. The minimum Gasteiger partial charge on any atom is -0.333 e. The minimum atomic E-state index is -0.0213. The van der Waals surface area contributed by atoms with E-state index < -0.39 is 0 Å². The van der Waals surface area contributed by atoms with Crippen molar-refractivity contribution in [2.75, 3.05) is 4.90 Å². The number of thiophene rings is 1. The van der Waals surface area contributed by atoms with Gasteiger partial charge in [0.05, 0.1) is 10.3 Å². The van der Waals surface area contributed by atoms with Crippen LogP contribution >= 0.6 is 27.3 Å². The first-order valence-corrected chi connectivity index (χ1v) is 8.15. The number of benzene rings is 1. The Balaban J connectivity index is 1.71. The molecule has 0 fully saturated rings. The van der Waals surface area contributed by atoms with E-state index in [-0.39, 0.29) is 12.1 Å². The molecule has 1 N–H and O–H groups in total. The number of hydrogen-bond acceptors (Lipinski definition) is 2. The highest BCUT2D eigenvalue weighted by molar-refractivity contribution is 9.11. The summed E-state index contributed by atoms with van der Waals surface area (Å²) in [5, 5.41) is 3.00. The first kappa shape index (κ1) is 13.6. The molecule has 1 aromatic carbocycles. The fourth-order valence-electron chi connectivity index (χ4n) is 2.57. The van der Waals surface area contributed by atoms with E-state index in [2.05, 4.69) is 34.2 Å². The molecule has 2 aromatic rings. The quantitative estimate of drug-likeness (QED) is 0.865. The van der Waals surface area contributed by atoms with Gasteiger partial charge >= 0.3 is 6.03 Å². The summed E-state index contributed by atoms with van der Waals surface area (Å²) in [6.45, 7) is 2.65. The van der Waals surface area contributed by atoms with Crippen molar-refractivity contribution in [3.8, 4) is 0 Å². The summed E-state index contributed by atoms with van der Waals surface area (Å²) in [5.41, 5.74) is 2.28. The summed E-state index contributed by atoms with van der Waals surface area (Å²) in [5.74, 6) is 0. The molecule has 3 nitrogen and oxygen atoms in total. The van der Waals surface area contributed by atoms with Crippen molar-refractivity contribution < 1.29 is 4.79 Å². The third-order valence-electron chi connectivity index (χ3n) is 3.47. The van der Waals surface area contributed by atoms with E-state index in [1.807, 2.05) is 35.2 Å². The number of anilines is 1. The van der Waals surface area contributed by atoms with Crippen LogP contribution in [-0.4, -0.2) is 12.1 Å². The lowest BCUT2D eigenvalue weighted by Gasteiger charge is -2.22. The van der Waals surface area contributed by atoms with E-state index in [4.69, 9.17) is 0 Å². The fourth-order valence-corrected chi connectivity index (χ4v) is 3.99. The Morgan fingerprint density at radius 3 is 2.95 bits per heavy atom. The van der Waals surface area contributed by atoms with E-state index in [0.717, 1.165) is 20.8 Å². The molecule has 1 aliphatic rings. The van der Waals surface area contributed by atoms with E-state index in [0.29, 0.717) is 6.54 Å². The number of nitrogens with zero attached hydrogens (tertiary/aromatic N) is 1. The molecule has 2 heterocycles. The van der Waals surface area contributed by atoms with Gasteiger partial charge in [-0.15, -0.1) is 11.3 Å². The average molecular weight is 351 g/mol. The number of amides is 2. The Kier molecular flexibility index (Phi) is 3.81. The van der Waals surface area contributed by atoms with E-state index >= 15 is 0 Å². The van der Waals surface area contributed by atoms with Crippen LogP contribution in [0.4, 0.5) is 10.5 Å². The van der Waals surface area contributed by atoms with Gasteiger partial charge in [-0.05, 0) is 53.0 Å². The third kappa shape index (κ3) is 2.60. The number of hydrogen-bond donors (Lipinski definition) is 1. The van der Waals surface area contributed by atoms with Crippen molar-refractivity contribution in [2.45, 2.75) is 25.9 Å². The zero-order chi connectivity index (χ0) is 14.1. The van der Waals surface area contributed by atoms with Gasteiger partial charge in [-0.3, -0.25) is 4.90 Å². The van der Waals surface area contributed by atoms with Crippen LogP contribution < -0.4 is 10.2 Å². The molecular weight excluding hydrogens is 336 g/mol. The van der Waals surface area contributed by atoms with Crippen molar-refractivity contribution in [3.63, 3.8) is 0 Å². The van der Waals surface area contributed by atoms with Crippen molar-refractivity contribution in [1.82, 2.24) is 5.32 Å². The second-order valence-corrected chi connectivity index (χ2v) is 7.46. The van der Waals surface area contributed by atoms with Gasteiger partial charge in [0, 0.05) is 16.6 Å². The molecule has 1 unspecified atom stereocenters. The fraction of sp³-hybridized carbons (Fsp3) is 0.267. The van der Waals surface area contributed by atoms with Crippen LogP contribution in [0.5, 0.6) is 0 Å². The van der Waals surface area contributed by atoms with E-state index in [1.54, 1.807) is 11.3 Å². The summed E-state index contributed by atoms with van der Waals surface area (Å²) < 4.78 is 1.08. The molecular formula is C15H15BrN2OS. The largest absolute Gasteiger partial charge is 0.333 e. The molecule has 0 radical (unpaired) electrons. The number of carbonyl (C=O) groups is 1. The molecule has 0 saturated heterocycles. The standard InChI is InChI=1S/C15H15BrN2OS/c1-10-8-11-4-2-3-5-13(11)18(10)15(19)17-9-12-6-7-14(16)20-12/h2-7,10H,8-9H2,1H3,(H,17,19). The van der Waals surface area contributed by atoms with Crippen LogP contribution in [0.2, 0.25) is 0 Å². The van der Waals surface area contributed by atoms with Crippen LogP contribution in [0.1, 0.15) is 17.4 Å². The maximum Gasteiger partial charge on any atom is 0.322 e. The molecule has 1 aliphatic heterocycles. The monoisotopic (exact) mass is 350 g/mol. The average Bonchev–Trinajstić information content (AvgIpc) is 2.98. The van der Waals surface area contributed by atoms with Crippen molar-refractivity contribution in [2.24, 2.45) is 0 Å². The number of carbonyl (C=O) groups excluding carboxylic acids is 1. The van der Waals surface area contributed by atoms with Gasteiger partial charge in [-0.2, -0.15) is 0 Å². The predicted molar refractivity (Wildman–Crippen MR) is 86.3 cm³/mol. The second-order valence-electron chi connectivity index (χ2n) is 4.92. The van der Waals surface area contributed by atoms with Crippen molar-refractivity contribution >= 4 is 39.0 Å². The van der Waals surface area contributed by atoms with Gasteiger partial charge in [-0.1, -0.05) is 18.2 Å².